The van der Waals surface area contributed by atoms with E-state index in [1.807, 2.05) is 0 Å². The number of esters is 1. The Bertz CT molecular complexity index is 295. The Balaban J connectivity index is 3.11. The van der Waals surface area contributed by atoms with Crippen molar-refractivity contribution in [3.8, 4) is 0 Å². The highest BCUT2D eigenvalue weighted by molar-refractivity contribution is 6.35. The number of hydrogen-bond acceptors (Lipinski definition) is 4. The molecule has 0 bridgehead atoms. The molecule has 0 saturated heterocycles. The summed E-state index contributed by atoms with van der Waals surface area (Å²) in [5.74, 6) is -2.17. The van der Waals surface area contributed by atoms with Gasteiger partial charge in [0.2, 0.25) is 0 Å². The molecule has 0 unspecified atom stereocenters. The van der Waals surface area contributed by atoms with Crippen LogP contribution in [0.15, 0.2) is 0 Å². The number of unbranched alkanes of at least 4 members (excludes halogenated alkanes) is 13. The van der Waals surface area contributed by atoms with E-state index in [0.717, 1.165) is 19.3 Å². The number of halogens is 1. The molecular formula is C18H33ClO4. The first-order valence-corrected chi connectivity index (χ1v) is 9.53. The number of ether oxygens (including phenoxy) is 1. The van der Waals surface area contributed by atoms with Gasteiger partial charge < -0.3 is 9.03 Å². The maximum absolute atomic E-state index is 10.9. The third-order valence-corrected chi connectivity index (χ3v) is 4.11. The van der Waals surface area contributed by atoms with E-state index in [1.165, 1.54) is 70.6 Å². The standard InChI is InChI=1S/C18H33ClO4/c1-2-3-4-5-6-7-8-9-10-11-12-13-14-15-16-22-17(20)18(21)23-19/h2-16H2,1H3. The summed E-state index contributed by atoms with van der Waals surface area (Å²) in [5, 5.41) is 0. The minimum atomic E-state index is -1.16. The van der Waals surface area contributed by atoms with Gasteiger partial charge in [0.05, 0.1) is 6.61 Å². The number of carbonyl (C=O) groups excluding carboxylic acids is 2. The maximum atomic E-state index is 10.9. The van der Waals surface area contributed by atoms with E-state index in [0.29, 0.717) is 0 Å². The molecule has 0 aliphatic heterocycles. The van der Waals surface area contributed by atoms with Gasteiger partial charge in [0.1, 0.15) is 11.9 Å². The van der Waals surface area contributed by atoms with Crippen LogP contribution >= 0.6 is 11.9 Å². The van der Waals surface area contributed by atoms with Crippen LogP contribution in [0.1, 0.15) is 96.8 Å². The van der Waals surface area contributed by atoms with Gasteiger partial charge >= 0.3 is 11.9 Å². The van der Waals surface area contributed by atoms with E-state index >= 15 is 0 Å². The lowest BCUT2D eigenvalue weighted by Crippen LogP contribution is -2.17. The van der Waals surface area contributed by atoms with Gasteiger partial charge in [0.25, 0.3) is 0 Å². The molecule has 136 valence electrons. The zero-order valence-electron chi connectivity index (χ0n) is 14.6. The van der Waals surface area contributed by atoms with Gasteiger partial charge in [0.15, 0.2) is 0 Å². The molecule has 0 aromatic heterocycles. The summed E-state index contributed by atoms with van der Waals surface area (Å²) in [6.45, 7) is 2.51. The topological polar surface area (TPSA) is 52.6 Å². The van der Waals surface area contributed by atoms with Crippen molar-refractivity contribution in [3.05, 3.63) is 0 Å². The molecule has 5 heteroatoms. The van der Waals surface area contributed by atoms with Crippen molar-refractivity contribution in [1.82, 2.24) is 0 Å². The molecule has 0 atom stereocenters. The SMILES string of the molecule is CCCCCCCCCCCCCCCCOC(=O)C(=O)OCl. The fourth-order valence-corrected chi connectivity index (χ4v) is 2.61. The second kappa shape index (κ2) is 17.6. The van der Waals surface area contributed by atoms with Crippen LogP contribution in [0, 0.1) is 0 Å². The lowest BCUT2D eigenvalue weighted by atomic mass is 10.0. The summed E-state index contributed by atoms with van der Waals surface area (Å²) in [7, 11) is 0. The van der Waals surface area contributed by atoms with Crippen LogP contribution in [-0.2, 0) is 18.6 Å². The second-order valence-electron chi connectivity index (χ2n) is 6.10. The van der Waals surface area contributed by atoms with E-state index < -0.39 is 11.9 Å². The van der Waals surface area contributed by atoms with Crippen LogP contribution in [0.2, 0.25) is 0 Å². The largest absolute Gasteiger partial charge is 0.457 e. The van der Waals surface area contributed by atoms with Gasteiger partial charge in [-0.05, 0) is 6.42 Å². The number of hydrogen-bond donors (Lipinski definition) is 0. The highest BCUT2D eigenvalue weighted by Gasteiger charge is 2.16. The molecular weight excluding hydrogens is 316 g/mol. The Labute approximate surface area is 146 Å². The normalized spacial score (nSPS) is 10.5. The van der Waals surface area contributed by atoms with Gasteiger partial charge in [-0.2, -0.15) is 0 Å². The third kappa shape index (κ3) is 15.9. The van der Waals surface area contributed by atoms with E-state index in [-0.39, 0.29) is 6.61 Å². The van der Waals surface area contributed by atoms with Crippen LogP contribution in [0.4, 0.5) is 0 Å². The van der Waals surface area contributed by atoms with E-state index in [2.05, 4.69) is 11.2 Å². The fourth-order valence-electron chi connectivity index (χ4n) is 2.55. The van der Waals surface area contributed by atoms with Crippen molar-refractivity contribution in [2.75, 3.05) is 6.61 Å². The van der Waals surface area contributed by atoms with E-state index in [4.69, 9.17) is 16.6 Å². The molecule has 0 heterocycles. The summed E-state index contributed by atoms with van der Waals surface area (Å²) in [6.07, 6.45) is 17.8. The fraction of sp³-hybridized carbons (Fsp3) is 0.889. The smallest absolute Gasteiger partial charge is 0.435 e. The highest BCUT2D eigenvalue weighted by atomic mass is 35.5. The van der Waals surface area contributed by atoms with Gasteiger partial charge in [-0.3, -0.25) is 0 Å². The minimum absolute atomic E-state index is 0.253. The van der Waals surface area contributed by atoms with Gasteiger partial charge in [-0.1, -0.05) is 90.4 Å². The molecule has 0 spiro atoms. The third-order valence-electron chi connectivity index (χ3n) is 3.97. The molecule has 0 fully saturated rings. The molecule has 0 aromatic carbocycles. The Hall–Kier alpha value is -0.770. The lowest BCUT2D eigenvalue weighted by molar-refractivity contribution is -0.162. The van der Waals surface area contributed by atoms with Crippen molar-refractivity contribution < 1.29 is 18.6 Å². The van der Waals surface area contributed by atoms with Crippen LogP contribution < -0.4 is 0 Å². The second-order valence-corrected chi connectivity index (χ2v) is 6.25. The quantitative estimate of drug-likeness (QED) is 0.216. The van der Waals surface area contributed by atoms with Gasteiger partial charge in [0, 0.05) is 0 Å². The molecule has 0 rings (SSSR count). The first-order chi connectivity index (χ1) is 11.2. The van der Waals surface area contributed by atoms with E-state index in [9.17, 15) is 9.59 Å². The van der Waals surface area contributed by atoms with Crippen molar-refractivity contribution in [2.45, 2.75) is 96.8 Å². The Morgan fingerprint density at radius 2 is 1.04 bits per heavy atom. The predicted octanol–water partition coefficient (Wildman–Crippen LogP) is 5.71. The van der Waals surface area contributed by atoms with Crippen molar-refractivity contribution in [3.63, 3.8) is 0 Å². The summed E-state index contributed by atoms with van der Waals surface area (Å²) >= 11 is 4.77. The summed E-state index contributed by atoms with van der Waals surface area (Å²) in [4.78, 5) is 21.6. The molecule has 0 aliphatic rings. The summed E-state index contributed by atoms with van der Waals surface area (Å²) in [6, 6.07) is 0. The van der Waals surface area contributed by atoms with Crippen molar-refractivity contribution >= 4 is 23.8 Å². The Morgan fingerprint density at radius 3 is 1.43 bits per heavy atom. The predicted molar refractivity (Wildman–Crippen MR) is 93.2 cm³/mol. The summed E-state index contributed by atoms with van der Waals surface area (Å²) < 4.78 is 8.45. The van der Waals surface area contributed by atoms with Crippen LogP contribution in [0.5, 0.6) is 0 Å². The molecule has 4 nitrogen and oxygen atoms in total. The van der Waals surface area contributed by atoms with Crippen molar-refractivity contribution in [2.24, 2.45) is 0 Å². The Morgan fingerprint density at radius 1 is 0.652 bits per heavy atom. The monoisotopic (exact) mass is 348 g/mol. The molecule has 0 N–H and O–H groups in total. The van der Waals surface area contributed by atoms with Crippen LogP contribution in [0.3, 0.4) is 0 Å². The lowest BCUT2D eigenvalue weighted by Gasteiger charge is -2.04. The molecule has 0 radical (unpaired) electrons. The first-order valence-electron chi connectivity index (χ1n) is 9.22. The van der Waals surface area contributed by atoms with Gasteiger partial charge in [-0.15, -0.1) is 0 Å². The molecule has 0 amide bonds. The van der Waals surface area contributed by atoms with Crippen molar-refractivity contribution in [1.29, 1.82) is 0 Å². The zero-order chi connectivity index (χ0) is 17.2. The maximum Gasteiger partial charge on any atom is 0.435 e. The Kier molecular flexibility index (Phi) is 17.0. The number of rotatable bonds is 15. The van der Waals surface area contributed by atoms with Crippen LogP contribution in [-0.4, -0.2) is 18.5 Å². The average molecular weight is 349 g/mol. The minimum Gasteiger partial charge on any atom is -0.457 e. The van der Waals surface area contributed by atoms with E-state index in [1.54, 1.807) is 0 Å². The average Bonchev–Trinajstić information content (AvgIpc) is 2.57. The van der Waals surface area contributed by atoms with Crippen LogP contribution in [0.25, 0.3) is 0 Å². The molecule has 0 aliphatic carbocycles. The molecule has 0 saturated carbocycles. The zero-order valence-corrected chi connectivity index (χ0v) is 15.4. The molecule has 0 aromatic rings. The molecule has 23 heavy (non-hydrogen) atoms. The first kappa shape index (κ1) is 22.2. The highest BCUT2D eigenvalue weighted by Crippen LogP contribution is 2.12. The van der Waals surface area contributed by atoms with Gasteiger partial charge in [-0.25, -0.2) is 9.59 Å². The summed E-state index contributed by atoms with van der Waals surface area (Å²) in [5.41, 5.74) is 0. The number of carbonyl (C=O) groups is 2.